The summed E-state index contributed by atoms with van der Waals surface area (Å²) in [5, 5.41) is 3.19. The van der Waals surface area contributed by atoms with Gasteiger partial charge in [0.2, 0.25) is 5.91 Å². The lowest BCUT2D eigenvalue weighted by Gasteiger charge is -2.57. The molecule has 0 heterocycles. The van der Waals surface area contributed by atoms with Crippen molar-refractivity contribution >= 4 is 46.5 Å². The second-order valence-electron chi connectivity index (χ2n) is 13.2. The molecule has 0 aliphatic heterocycles. The predicted octanol–water partition coefficient (Wildman–Crippen LogP) is 6.07. The van der Waals surface area contributed by atoms with Crippen LogP contribution < -0.4 is 10.2 Å². The normalized spacial score (nSPS) is 34.1. The van der Waals surface area contributed by atoms with E-state index in [4.69, 9.17) is 27.9 Å². The van der Waals surface area contributed by atoms with Crippen LogP contribution in [0.3, 0.4) is 0 Å². The number of hydrogen-bond donors (Lipinski definition) is 1. The lowest BCUT2D eigenvalue weighted by molar-refractivity contribution is -0.151. The number of fused-ring (bicyclic) bond motifs is 5. The third-order valence-electron chi connectivity index (χ3n) is 10.9. The number of nitrogens with zero attached hydrogens (tertiary/aromatic N) is 1. The highest BCUT2D eigenvalue weighted by Crippen LogP contribution is 2.64. The number of alkyl halides is 2. The summed E-state index contributed by atoms with van der Waals surface area (Å²) < 4.78 is 5.98. The Morgan fingerprint density at radius 3 is 2.37 bits per heavy atom. The van der Waals surface area contributed by atoms with Crippen molar-refractivity contribution in [2.24, 2.45) is 28.6 Å². The number of carbonyl (C=O) groups is 3. The van der Waals surface area contributed by atoms with Gasteiger partial charge in [-0.3, -0.25) is 14.4 Å². The van der Waals surface area contributed by atoms with Crippen molar-refractivity contribution in [1.82, 2.24) is 5.32 Å². The average molecular weight is 604 g/mol. The van der Waals surface area contributed by atoms with E-state index in [-0.39, 0.29) is 53.0 Å². The van der Waals surface area contributed by atoms with E-state index in [1.807, 2.05) is 30.3 Å². The Morgan fingerprint density at radius 1 is 1.00 bits per heavy atom. The Kier molecular flexibility index (Phi) is 9.11. The van der Waals surface area contributed by atoms with E-state index in [0.29, 0.717) is 43.1 Å². The monoisotopic (exact) mass is 602 g/mol. The topological polar surface area (TPSA) is 75.7 Å². The number of ketones is 1. The van der Waals surface area contributed by atoms with Crippen LogP contribution >= 0.6 is 23.2 Å². The molecule has 0 radical (unpaired) electrons. The van der Waals surface area contributed by atoms with Crippen molar-refractivity contribution in [2.75, 3.05) is 29.7 Å². The van der Waals surface area contributed by atoms with Gasteiger partial charge in [0.05, 0.1) is 6.42 Å². The first-order valence-corrected chi connectivity index (χ1v) is 16.3. The highest BCUT2D eigenvalue weighted by Gasteiger charge is 2.61. The molecule has 0 aromatic heterocycles. The maximum atomic E-state index is 13.7. The fourth-order valence-electron chi connectivity index (χ4n) is 8.74. The Morgan fingerprint density at radius 2 is 1.71 bits per heavy atom. The van der Waals surface area contributed by atoms with Crippen LogP contribution in [-0.4, -0.2) is 54.7 Å². The molecule has 3 saturated carbocycles. The number of esters is 1. The first kappa shape index (κ1) is 30.4. The van der Waals surface area contributed by atoms with Crippen LogP contribution in [0.4, 0.5) is 5.69 Å². The summed E-state index contributed by atoms with van der Waals surface area (Å²) in [7, 11) is 0. The van der Waals surface area contributed by atoms with Crippen LogP contribution in [-0.2, 0) is 25.5 Å². The zero-order valence-electron chi connectivity index (χ0n) is 24.6. The molecule has 0 unspecified atom stereocenters. The van der Waals surface area contributed by atoms with Crippen LogP contribution in [0.15, 0.2) is 35.9 Å². The van der Waals surface area contributed by atoms with Gasteiger partial charge in [0.25, 0.3) is 0 Å². The van der Waals surface area contributed by atoms with Gasteiger partial charge in [-0.15, -0.1) is 23.2 Å². The van der Waals surface area contributed by atoms with Crippen molar-refractivity contribution < 1.29 is 19.1 Å². The van der Waals surface area contributed by atoms with Gasteiger partial charge in [-0.1, -0.05) is 31.6 Å². The molecule has 224 valence electrons. The Hall–Kier alpha value is -2.05. The summed E-state index contributed by atoms with van der Waals surface area (Å²) in [5.74, 6) is 1.72. The minimum atomic E-state index is -0.228. The first-order valence-electron chi connectivity index (χ1n) is 15.3. The van der Waals surface area contributed by atoms with Gasteiger partial charge in [-0.25, -0.2) is 0 Å². The van der Waals surface area contributed by atoms with Crippen molar-refractivity contribution in [3.8, 4) is 0 Å². The zero-order valence-corrected chi connectivity index (χ0v) is 26.1. The Balaban J connectivity index is 1.22. The molecule has 3 fully saturated rings. The summed E-state index contributed by atoms with van der Waals surface area (Å²) in [6.45, 7) is 7.65. The standard InChI is InChI=1S/C33H44Cl2N2O4/c1-21(38)36-29-9-8-26-31-27(11-13-33(26,29)3)32(2)12-10-25(19-23(32)20-28(31)39)41-30(40)18-22-4-6-24(7-5-22)37(16-14-34)17-15-35/h4-7,20,25-27,29,31H,8-19H2,1-3H3,(H,36,38)/t25-,26-,27-,29-,31-,32-,33-/m0/s1. The van der Waals surface area contributed by atoms with Crippen LogP contribution in [0, 0.1) is 28.6 Å². The molecule has 1 aromatic rings. The minimum Gasteiger partial charge on any atom is -0.462 e. The molecule has 5 rings (SSSR count). The Labute approximate surface area is 254 Å². The van der Waals surface area contributed by atoms with Crippen molar-refractivity contribution in [3.63, 3.8) is 0 Å². The van der Waals surface area contributed by atoms with Crippen LogP contribution in [0.1, 0.15) is 71.3 Å². The van der Waals surface area contributed by atoms with E-state index in [9.17, 15) is 14.4 Å². The fraction of sp³-hybridized carbons (Fsp3) is 0.667. The number of rotatable bonds is 9. The van der Waals surface area contributed by atoms with Crippen LogP contribution in [0.5, 0.6) is 0 Å². The minimum absolute atomic E-state index is 0.0177. The van der Waals surface area contributed by atoms with Gasteiger partial charge in [0.1, 0.15) is 6.10 Å². The molecule has 41 heavy (non-hydrogen) atoms. The number of halogens is 2. The summed E-state index contributed by atoms with van der Waals surface area (Å²) >= 11 is 11.9. The largest absolute Gasteiger partial charge is 0.462 e. The van der Waals surface area contributed by atoms with Gasteiger partial charge >= 0.3 is 5.97 Å². The highest BCUT2D eigenvalue weighted by atomic mass is 35.5. The molecule has 1 N–H and O–H groups in total. The SMILES string of the molecule is CC(=O)N[C@H]1CC[C@H]2[C@@H]3C(=O)C=C4C[C@@H](OC(=O)Cc5ccc(N(CCCl)CCCl)cc5)CC[C@]4(C)[C@H]3CC[C@]12C. The second-order valence-corrected chi connectivity index (χ2v) is 13.9. The number of nitrogens with one attached hydrogen (secondary N) is 1. The molecule has 7 atom stereocenters. The number of allylic oxidation sites excluding steroid dienone is 1. The van der Waals surface area contributed by atoms with Gasteiger partial charge in [0, 0.05) is 55.8 Å². The summed E-state index contributed by atoms with van der Waals surface area (Å²) in [6.07, 6.45) is 8.29. The molecular weight excluding hydrogens is 559 g/mol. The molecule has 1 amide bonds. The van der Waals surface area contributed by atoms with E-state index < -0.39 is 0 Å². The van der Waals surface area contributed by atoms with E-state index in [1.165, 1.54) is 0 Å². The van der Waals surface area contributed by atoms with Gasteiger partial charge in [-0.05, 0) is 85.0 Å². The van der Waals surface area contributed by atoms with E-state index in [1.54, 1.807) is 6.92 Å². The van der Waals surface area contributed by atoms with Crippen molar-refractivity contribution in [1.29, 1.82) is 0 Å². The van der Waals surface area contributed by atoms with Crippen molar-refractivity contribution in [3.05, 3.63) is 41.5 Å². The molecular formula is C33H44Cl2N2O4. The molecule has 6 nitrogen and oxygen atoms in total. The smallest absolute Gasteiger partial charge is 0.310 e. The van der Waals surface area contributed by atoms with E-state index in [0.717, 1.165) is 55.3 Å². The van der Waals surface area contributed by atoms with E-state index in [2.05, 4.69) is 24.1 Å². The molecule has 0 bridgehead atoms. The maximum Gasteiger partial charge on any atom is 0.310 e. The molecule has 4 aliphatic rings. The maximum absolute atomic E-state index is 13.7. The van der Waals surface area contributed by atoms with Crippen LogP contribution in [0.25, 0.3) is 0 Å². The Bertz CT molecular complexity index is 1180. The zero-order chi connectivity index (χ0) is 29.4. The molecule has 0 spiro atoms. The molecule has 0 saturated heterocycles. The number of benzene rings is 1. The third kappa shape index (κ3) is 5.93. The van der Waals surface area contributed by atoms with Crippen LogP contribution in [0.2, 0.25) is 0 Å². The number of amides is 1. The van der Waals surface area contributed by atoms with Gasteiger partial charge in [-0.2, -0.15) is 0 Å². The lowest BCUT2D eigenvalue weighted by Crippen LogP contribution is -2.56. The molecule has 1 aromatic carbocycles. The third-order valence-corrected chi connectivity index (χ3v) is 11.3. The number of ether oxygens (including phenoxy) is 1. The van der Waals surface area contributed by atoms with Gasteiger partial charge in [0.15, 0.2) is 5.78 Å². The summed E-state index contributed by atoms with van der Waals surface area (Å²) in [6, 6.07) is 8.07. The first-order chi connectivity index (χ1) is 19.6. The van der Waals surface area contributed by atoms with Gasteiger partial charge < -0.3 is 15.0 Å². The summed E-state index contributed by atoms with van der Waals surface area (Å²) in [4.78, 5) is 40.6. The van der Waals surface area contributed by atoms with E-state index >= 15 is 0 Å². The lowest BCUT2D eigenvalue weighted by atomic mass is 9.47. The second kappa shape index (κ2) is 12.3. The summed E-state index contributed by atoms with van der Waals surface area (Å²) in [5.41, 5.74) is 3.04. The molecule has 8 heteroatoms. The highest BCUT2D eigenvalue weighted by molar-refractivity contribution is 6.18. The predicted molar refractivity (Wildman–Crippen MR) is 163 cm³/mol. The number of anilines is 1. The quantitative estimate of drug-likeness (QED) is 0.274. The van der Waals surface area contributed by atoms with Crippen molar-refractivity contribution in [2.45, 2.75) is 84.3 Å². The molecule has 4 aliphatic carbocycles. The number of carbonyl (C=O) groups excluding carboxylic acids is 3. The fourth-order valence-corrected chi connectivity index (χ4v) is 9.15. The number of hydrogen-bond acceptors (Lipinski definition) is 5. The average Bonchev–Trinajstić information content (AvgIpc) is 3.25.